The van der Waals surface area contributed by atoms with Crippen molar-refractivity contribution in [1.29, 1.82) is 0 Å². The number of ether oxygens (including phenoxy) is 1. The molecule has 1 aromatic carbocycles. The van der Waals surface area contributed by atoms with E-state index in [4.69, 9.17) is 4.74 Å². The van der Waals surface area contributed by atoms with Crippen LogP contribution >= 0.6 is 0 Å². The van der Waals surface area contributed by atoms with Crippen LogP contribution in [0.1, 0.15) is 5.56 Å². The second-order valence-electron chi connectivity index (χ2n) is 5.39. The number of carbonyl (C=O) groups excluding carboxylic acids is 2. The number of anilines is 1. The van der Waals surface area contributed by atoms with Crippen molar-refractivity contribution in [2.24, 2.45) is 11.8 Å². The lowest BCUT2D eigenvalue weighted by atomic mass is 9.82. The van der Waals surface area contributed by atoms with Crippen LogP contribution in [0.2, 0.25) is 0 Å². The first-order chi connectivity index (χ1) is 10.8. The summed E-state index contributed by atoms with van der Waals surface area (Å²) in [6.45, 7) is 0. The Labute approximate surface area is 128 Å². The van der Waals surface area contributed by atoms with Gasteiger partial charge in [-0.25, -0.2) is 0 Å². The number of carboxylic acid groups (broad SMARTS) is 1. The maximum atomic E-state index is 12.7. The summed E-state index contributed by atoms with van der Waals surface area (Å²) >= 11 is 0. The van der Waals surface area contributed by atoms with Gasteiger partial charge >= 0.3 is 6.18 Å². The molecule has 1 saturated heterocycles. The number of nitrogens with one attached hydrogen (secondary N) is 1. The van der Waals surface area contributed by atoms with E-state index in [0.717, 1.165) is 18.2 Å². The second-order valence-corrected chi connectivity index (χ2v) is 5.39. The molecule has 23 heavy (non-hydrogen) atoms. The number of alkyl halides is 3. The van der Waals surface area contributed by atoms with Gasteiger partial charge in [0.25, 0.3) is 0 Å². The number of hydrogen-bond donors (Lipinski definition) is 1. The van der Waals surface area contributed by atoms with Gasteiger partial charge in [-0.05, 0) is 18.2 Å². The van der Waals surface area contributed by atoms with Crippen LogP contribution in [0.4, 0.5) is 18.9 Å². The lowest BCUT2D eigenvalue weighted by Gasteiger charge is -2.25. The normalized spacial score (nSPS) is 28.8. The summed E-state index contributed by atoms with van der Waals surface area (Å²) in [5.41, 5.74) is -0.968. The van der Waals surface area contributed by atoms with Gasteiger partial charge in [-0.15, -0.1) is 0 Å². The van der Waals surface area contributed by atoms with Crippen molar-refractivity contribution in [2.75, 3.05) is 5.32 Å². The molecule has 1 amide bonds. The van der Waals surface area contributed by atoms with Gasteiger partial charge in [0.05, 0.1) is 23.7 Å². The van der Waals surface area contributed by atoms with Crippen molar-refractivity contribution >= 4 is 17.6 Å². The predicted octanol–water partition coefficient (Wildman–Crippen LogP) is 0.963. The Balaban J connectivity index is 1.80. The zero-order valence-electron chi connectivity index (χ0n) is 11.5. The molecular formula is C15H11F3NO4-. The summed E-state index contributed by atoms with van der Waals surface area (Å²) in [5, 5.41) is 13.5. The highest BCUT2D eigenvalue weighted by Crippen LogP contribution is 2.39. The van der Waals surface area contributed by atoms with E-state index in [1.54, 1.807) is 12.2 Å². The zero-order chi connectivity index (χ0) is 16.8. The van der Waals surface area contributed by atoms with Gasteiger partial charge in [0.2, 0.25) is 5.91 Å². The van der Waals surface area contributed by atoms with Crippen molar-refractivity contribution < 1.29 is 32.6 Å². The molecule has 1 fully saturated rings. The van der Waals surface area contributed by atoms with Crippen LogP contribution in [-0.4, -0.2) is 24.1 Å². The van der Waals surface area contributed by atoms with Gasteiger partial charge in [-0.1, -0.05) is 18.2 Å². The highest BCUT2D eigenvalue weighted by atomic mass is 19.4. The van der Waals surface area contributed by atoms with E-state index in [0.29, 0.717) is 0 Å². The van der Waals surface area contributed by atoms with Gasteiger partial charge in [0, 0.05) is 17.6 Å². The fourth-order valence-corrected chi connectivity index (χ4v) is 2.90. The van der Waals surface area contributed by atoms with Crippen molar-refractivity contribution in [1.82, 2.24) is 0 Å². The molecule has 2 bridgehead atoms. The summed E-state index contributed by atoms with van der Waals surface area (Å²) < 4.78 is 43.3. The maximum Gasteiger partial charge on any atom is 0.416 e. The average Bonchev–Trinajstić information content (AvgIpc) is 3.07. The molecule has 2 heterocycles. The lowest BCUT2D eigenvalue weighted by molar-refractivity contribution is -0.313. The second kappa shape index (κ2) is 5.38. The predicted molar refractivity (Wildman–Crippen MR) is 69.9 cm³/mol. The molecule has 4 atom stereocenters. The highest BCUT2D eigenvalue weighted by Gasteiger charge is 2.50. The molecule has 0 saturated carbocycles. The minimum atomic E-state index is -4.54. The first-order valence-corrected chi connectivity index (χ1v) is 6.80. The van der Waals surface area contributed by atoms with Gasteiger partial charge < -0.3 is 20.0 Å². The summed E-state index contributed by atoms with van der Waals surface area (Å²) in [4.78, 5) is 23.5. The topological polar surface area (TPSA) is 78.5 Å². The third-order valence-electron chi connectivity index (χ3n) is 3.93. The fraction of sp³-hybridized carbons (Fsp3) is 0.333. The number of fused-ring (bicyclic) bond motifs is 2. The standard InChI is InChI=1S/C15H12F3NO4/c16-15(17,18)7-2-1-3-8(6-7)19-13(20)11-9-4-5-10(23-9)12(11)14(21)22/h1-6,9-12H,(H,19,20)(H,21,22)/p-1/t9-,10+,11+,12-/m0/s1. The van der Waals surface area contributed by atoms with Crippen molar-refractivity contribution in [3.63, 3.8) is 0 Å². The fourth-order valence-electron chi connectivity index (χ4n) is 2.90. The first kappa shape index (κ1) is 15.5. The van der Waals surface area contributed by atoms with Crippen molar-refractivity contribution in [3.8, 4) is 0 Å². The van der Waals surface area contributed by atoms with Gasteiger partial charge in [0.1, 0.15) is 0 Å². The number of halogens is 3. The summed E-state index contributed by atoms with van der Waals surface area (Å²) in [7, 11) is 0. The molecule has 8 heteroatoms. The van der Waals surface area contributed by atoms with Crippen molar-refractivity contribution in [3.05, 3.63) is 42.0 Å². The number of amides is 1. The molecule has 5 nitrogen and oxygen atoms in total. The summed E-state index contributed by atoms with van der Waals surface area (Å²) in [6, 6.07) is 4.12. The van der Waals surface area contributed by atoms with Crippen LogP contribution in [0.25, 0.3) is 0 Å². The molecular weight excluding hydrogens is 315 g/mol. The van der Waals surface area contributed by atoms with E-state index in [-0.39, 0.29) is 5.69 Å². The first-order valence-electron chi connectivity index (χ1n) is 6.80. The Bertz CT molecular complexity index is 686. The molecule has 2 aliphatic rings. The number of hydrogen-bond acceptors (Lipinski definition) is 4. The Hall–Kier alpha value is -2.35. The third kappa shape index (κ3) is 2.81. The Morgan fingerprint density at radius 1 is 1.13 bits per heavy atom. The van der Waals surface area contributed by atoms with E-state index in [2.05, 4.69) is 5.32 Å². The number of benzene rings is 1. The minimum absolute atomic E-state index is 0.0614. The van der Waals surface area contributed by atoms with Crippen LogP contribution in [0.15, 0.2) is 36.4 Å². The number of carbonyl (C=O) groups is 2. The third-order valence-corrected chi connectivity index (χ3v) is 3.93. The molecule has 2 aliphatic heterocycles. The van der Waals surface area contributed by atoms with E-state index < -0.39 is 47.7 Å². The smallest absolute Gasteiger partial charge is 0.416 e. The van der Waals surface area contributed by atoms with E-state index >= 15 is 0 Å². The maximum absolute atomic E-state index is 12.7. The number of carboxylic acids is 1. The molecule has 0 unspecified atom stereocenters. The summed E-state index contributed by atoms with van der Waals surface area (Å²) in [5.74, 6) is -4.33. The quantitative estimate of drug-likeness (QED) is 0.840. The molecule has 0 spiro atoms. The van der Waals surface area contributed by atoms with Gasteiger partial charge in [0.15, 0.2) is 0 Å². The SMILES string of the molecule is O=C([O-])[C@@H]1[C@H](C(=O)Nc2cccc(C(F)(F)F)c2)[C@@H]2C=C[C@H]1O2. The van der Waals surface area contributed by atoms with Crippen molar-refractivity contribution in [2.45, 2.75) is 18.4 Å². The minimum Gasteiger partial charge on any atom is -0.550 e. The molecule has 3 rings (SSSR count). The van der Waals surface area contributed by atoms with E-state index in [9.17, 15) is 27.9 Å². The monoisotopic (exact) mass is 326 g/mol. The van der Waals surface area contributed by atoms with E-state index in [1.165, 1.54) is 6.07 Å². The molecule has 0 aliphatic carbocycles. The zero-order valence-corrected chi connectivity index (χ0v) is 11.5. The van der Waals surface area contributed by atoms with Crippen LogP contribution in [0.3, 0.4) is 0 Å². The van der Waals surface area contributed by atoms with E-state index in [1.807, 2.05) is 0 Å². The molecule has 1 aromatic rings. The molecule has 0 radical (unpaired) electrons. The Morgan fingerprint density at radius 2 is 1.78 bits per heavy atom. The molecule has 1 N–H and O–H groups in total. The largest absolute Gasteiger partial charge is 0.550 e. The van der Waals surface area contributed by atoms with Crippen LogP contribution in [0, 0.1) is 11.8 Å². The summed E-state index contributed by atoms with van der Waals surface area (Å²) in [6.07, 6.45) is -2.89. The lowest BCUT2D eigenvalue weighted by Crippen LogP contribution is -2.45. The van der Waals surface area contributed by atoms with Gasteiger partial charge in [-0.2, -0.15) is 13.2 Å². The number of aliphatic carboxylic acids is 1. The average molecular weight is 326 g/mol. The van der Waals surface area contributed by atoms with Gasteiger partial charge in [-0.3, -0.25) is 4.79 Å². The highest BCUT2D eigenvalue weighted by molar-refractivity contribution is 5.96. The molecule has 122 valence electrons. The Morgan fingerprint density at radius 3 is 2.39 bits per heavy atom. The van der Waals surface area contributed by atoms with Crippen LogP contribution < -0.4 is 10.4 Å². The molecule has 0 aromatic heterocycles. The Kier molecular flexibility index (Phi) is 3.63. The number of rotatable bonds is 3. The van der Waals surface area contributed by atoms with Crippen LogP contribution in [0.5, 0.6) is 0 Å². The van der Waals surface area contributed by atoms with Crippen LogP contribution in [-0.2, 0) is 20.5 Å².